The van der Waals surface area contributed by atoms with Crippen molar-refractivity contribution in [1.82, 2.24) is 10.3 Å². The smallest absolute Gasteiger partial charge is 0.267 e. The molecular weight excluding hydrogens is 356 g/mol. The van der Waals surface area contributed by atoms with Gasteiger partial charge in [-0.05, 0) is 54.8 Å². The Hall–Kier alpha value is -3.03. The molecule has 0 unspecified atom stereocenters. The summed E-state index contributed by atoms with van der Waals surface area (Å²) in [6.45, 7) is 1.29. The van der Waals surface area contributed by atoms with Crippen LogP contribution in [0.3, 0.4) is 0 Å². The molecule has 7 nitrogen and oxygen atoms in total. The minimum Gasteiger partial charge on any atom is -0.454 e. The summed E-state index contributed by atoms with van der Waals surface area (Å²) in [6.07, 6.45) is 1.65. The number of H-pyrrole nitrogens is 1. The number of hydrogen-bond acceptors (Lipinski definition) is 5. The molecular formula is C21H24N4O3. The van der Waals surface area contributed by atoms with Crippen LogP contribution in [0, 0.1) is 0 Å². The number of carbonyl (C=O) groups is 1. The average Bonchev–Trinajstić information content (AvgIpc) is 3.35. The topological polar surface area (TPSA) is 115 Å². The third kappa shape index (κ3) is 3.81. The molecule has 1 aliphatic rings. The summed E-state index contributed by atoms with van der Waals surface area (Å²) in [6, 6.07) is 13.7. The number of amides is 1. The van der Waals surface area contributed by atoms with Crippen LogP contribution >= 0.6 is 0 Å². The van der Waals surface area contributed by atoms with Crippen molar-refractivity contribution >= 4 is 16.8 Å². The van der Waals surface area contributed by atoms with Gasteiger partial charge >= 0.3 is 0 Å². The largest absolute Gasteiger partial charge is 0.454 e. The predicted molar refractivity (Wildman–Crippen MR) is 108 cm³/mol. The number of fused-ring (bicyclic) bond motifs is 2. The summed E-state index contributed by atoms with van der Waals surface area (Å²) >= 11 is 0. The molecule has 1 aromatic heterocycles. The highest BCUT2D eigenvalue weighted by molar-refractivity contribution is 5.98. The Morgan fingerprint density at radius 1 is 1.11 bits per heavy atom. The van der Waals surface area contributed by atoms with E-state index in [1.807, 2.05) is 42.5 Å². The first kappa shape index (κ1) is 18.3. The molecule has 0 aliphatic carbocycles. The maximum atomic E-state index is 12.4. The molecule has 6 N–H and O–H groups in total. The number of benzene rings is 2. The maximum Gasteiger partial charge on any atom is 0.267 e. The average molecular weight is 380 g/mol. The molecule has 0 saturated carbocycles. The molecule has 1 atom stereocenters. The molecule has 3 aromatic rings. The Morgan fingerprint density at radius 3 is 2.75 bits per heavy atom. The van der Waals surface area contributed by atoms with Gasteiger partial charge in [0.1, 0.15) is 5.69 Å². The van der Waals surface area contributed by atoms with Crippen molar-refractivity contribution < 1.29 is 14.3 Å². The van der Waals surface area contributed by atoms with E-state index in [4.69, 9.17) is 20.9 Å². The molecule has 4 rings (SSSR count). The summed E-state index contributed by atoms with van der Waals surface area (Å²) in [5, 5.41) is 3.85. The van der Waals surface area contributed by atoms with Crippen LogP contribution in [-0.4, -0.2) is 36.8 Å². The van der Waals surface area contributed by atoms with Crippen molar-refractivity contribution in [3.05, 3.63) is 48.2 Å². The Balaban J connectivity index is 1.49. The summed E-state index contributed by atoms with van der Waals surface area (Å²) in [5.41, 5.74) is 14.9. The Morgan fingerprint density at radius 2 is 1.89 bits per heavy atom. The van der Waals surface area contributed by atoms with Crippen molar-refractivity contribution in [2.75, 3.05) is 19.9 Å². The zero-order valence-electron chi connectivity index (χ0n) is 15.5. The lowest BCUT2D eigenvalue weighted by atomic mass is 10.0. The molecule has 0 radical (unpaired) electrons. The van der Waals surface area contributed by atoms with Gasteiger partial charge in [0.15, 0.2) is 11.5 Å². The molecule has 0 saturated heterocycles. The highest BCUT2D eigenvalue weighted by atomic mass is 16.7. The van der Waals surface area contributed by atoms with E-state index in [9.17, 15) is 4.79 Å². The zero-order chi connectivity index (χ0) is 19.5. The number of nitrogens with two attached hydrogens (primary N) is 2. The standard InChI is InChI=1S/C21H24N4O3/c22-7-1-2-16(23)11-24-21(26)18-9-15-4-3-13(8-17(15)25-18)14-5-6-19-20(10-14)28-12-27-19/h3-6,8-10,16,25H,1-2,7,11-12,22-23H2,(H,24,26)/t16-/m1/s1. The van der Waals surface area contributed by atoms with Crippen LogP contribution in [0.4, 0.5) is 0 Å². The van der Waals surface area contributed by atoms with Crippen LogP contribution in [0.2, 0.25) is 0 Å². The van der Waals surface area contributed by atoms with E-state index in [1.54, 1.807) is 0 Å². The first-order chi connectivity index (χ1) is 13.6. The van der Waals surface area contributed by atoms with Crippen LogP contribution in [0.15, 0.2) is 42.5 Å². The van der Waals surface area contributed by atoms with Gasteiger partial charge in [-0.25, -0.2) is 0 Å². The molecule has 1 amide bonds. The second-order valence-corrected chi connectivity index (χ2v) is 6.95. The summed E-state index contributed by atoms with van der Waals surface area (Å²) in [4.78, 5) is 15.6. The molecule has 146 valence electrons. The van der Waals surface area contributed by atoms with E-state index in [2.05, 4.69) is 10.3 Å². The van der Waals surface area contributed by atoms with E-state index >= 15 is 0 Å². The lowest BCUT2D eigenvalue weighted by molar-refractivity contribution is 0.0946. The summed E-state index contributed by atoms with van der Waals surface area (Å²) in [7, 11) is 0. The van der Waals surface area contributed by atoms with Crippen LogP contribution in [0.1, 0.15) is 23.3 Å². The molecule has 0 bridgehead atoms. The van der Waals surface area contributed by atoms with E-state index in [0.717, 1.165) is 46.4 Å². The van der Waals surface area contributed by atoms with Crippen molar-refractivity contribution in [3.63, 3.8) is 0 Å². The van der Waals surface area contributed by atoms with Crippen molar-refractivity contribution in [2.45, 2.75) is 18.9 Å². The predicted octanol–water partition coefficient (Wildman–Crippen LogP) is 2.36. The van der Waals surface area contributed by atoms with Gasteiger partial charge in [-0.2, -0.15) is 0 Å². The van der Waals surface area contributed by atoms with Gasteiger partial charge in [0.2, 0.25) is 6.79 Å². The second-order valence-electron chi connectivity index (χ2n) is 6.95. The molecule has 1 aliphatic heterocycles. The number of hydrogen-bond donors (Lipinski definition) is 4. The van der Waals surface area contributed by atoms with Crippen LogP contribution < -0.4 is 26.3 Å². The highest BCUT2D eigenvalue weighted by Crippen LogP contribution is 2.36. The third-order valence-corrected chi connectivity index (χ3v) is 4.88. The Bertz CT molecular complexity index is 998. The number of rotatable bonds is 7. The lowest BCUT2D eigenvalue weighted by Crippen LogP contribution is -2.37. The van der Waals surface area contributed by atoms with Crippen molar-refractivity contribution in [3.8, 4) is 22.6 Å². The Labute approximate surface area is 163 Å². The first-order valence-corrected chi connectivity index (χ1v) is 9.40. The minimum absolute atomic E-state index is 0.0884. The molecule has 7 heteroatoms. The number of ether oxygens (including phenoxy) is 2. The number of carbonyl (C=O) groups excluding carboxylic acids is 1. The molecule has 2 aromatic carbocycles. The van der Waals surface area contributed by atoms with Gasteiger partial charge in [0.25, 0.3) is 5.91 Å². The second kappa shape index (κ2) is 7.92. The summed E-state index contributed by atoms with van der Waals surface area (Å²) < 4.78 is 10.8. The van der Waals surface area contributed by atoms with Crippen LogP contribution in [0.5, 0.6) is 11.5 Å². The third-order valence-electron chi connectivity index (χ3n) is 4.88. The van der Waals surface area contributed by atoms with Crippen LogP contribution in [-0.2, 0) is 0 Å². The fraction of sp³-hybridized carbons (Fsp3) is 0.286. The van der Waals surface area contributed by atoms with E-state index in [0.29, 0.717) is 18.8 Å². The Kier molecular flexibility index (Phi) is 5.18. The molecule has 2 heterocycles. The first-order valence-electron chi connectivity index (χ1n) is 9.40. The van der Waals surface area contributed by atoms with Gasteiger partial charge in [0, 0.05) is 23.5 Å². The SMILES string of the molecule is NCCC[C@@H](N)CNC(=O)c1cc2ccc(-c3ccc4c(c3)OCO4)cc2[nH]1. The minimum atomic E-state index is -0.163. The number of aromatic amines is 1. The van der Waals surface area contributed by atoms with Gasteiger partial charge in [0.05, 0.1) is 0 Å². The van der Waals surface area contributed by atoms with Gasteiger partial charge < -0.3 is 31.2 Å². The zero-order valence-corrected chi connectivity index (χ0v) is 15.5. The van der Waals surface area contributed by atoms with Gasteiger partial charge in [-0.3, -0.25) is 4.79 Å². The van der Waals surface area contributed by atoms with Crippen molar-refractivity contribution in [2.24, 2.45) is 11.5 Å². The fourth-order valence-electron chi connectivity index (χ4n) is 3.31. The van der Waals surface area contributed by atoms with E-state index < -0.39 is 0 Å². The lowest BCUT2D eigenvalue weighted by Gasteiger charge is -2.11. The highest BCUT2D eigenvalue weighted by Gasteiger charge is 2.15. The normalized spacial score (nSPS) is 13.6. The van der Waals surface area contributed by atoms with Gasteiger partial charge in [-0.1, -0.05) is 18.2 Å². The molecule has 0 fully saturated rings. The van der Waals surface area contributed by atoms with E-state index in [1.165, 1.54) is 0 Å². The maximum absolute atomic E-state index is 12.4. The molecule has 0 spiro atoms. The van der Waals surface area contributed by atoms with Crippen LogP contribution in [0.25, 0.3) is 22.0 Å². The monoisotopic (exact) mass is 380 g/mol. The quantitative estimate of drug-likeness (QED) is 0.502. The fourth-order valence-corrected chi connectivity index (χ4v) is 3.31. The van der Waals surface area contributed by atoms with Gasteiger partial charge in [-0.15, -0.1) is 0 Å². The summed E-state index contributed by atoms with van der Waals surface area (Å²) in [5.74, 6) is 1.34. The number of aromatic nitrogens is 1. The van der Waals surface area contributed by atoms with E-state index in [-0.39, 0.29) is 18.7 Å². The molecule has 28 heavy (non-hydrogen) atoms. The number of nitrogens with one attached hydrogen (secondary N) is 2. The van der Waals surface area contributed by atoms with Crippen molar-refractivity contribution in [1.29, 1.82) is 0 Å².